The molecule has 19 heavy (non-hydrogen) atoms. The number of para-hydroxylation sites is 2. The third-order valence-corrected chi connectivity index (χ3v) is 3.55. The number of carbonyl (C=O) groups is 1. The Morgan fingerprint density at radius 3 is 2.53 bits per heavy atom. The van der Waals surface area contributed by atoms with Gasteiger partial charge in [-0.25, -0.2) is 0 Å². The molecule has 0 aliphatic carbocycles. The molecular formula is C16H16N2O. The van der Waals surface area contributed by atoms with Gasteiger partial charge in [0.1, 0.15) is 0 Å². The Labute approximate surface area is 112 Å². The molecular weight excluding hydrogens is 236 g/mol. The Balaban J connectivity index is 2.02. The van der Waals surface area contributed by atoms with E-state index in [1.165, 1.54) is 0 Å². The van der Waals surface area contributed by atoms with Crippen molar-refractivity contribution in [2.45, 2.75) is 12.5 Å². The number of benzene rings is 2. The Bertz CT molecular complexity index is 595. The van der Waals surface area contributed by atoms with Gasteiger partial charge in [0.25, 0.3) is 0 Å². The quantitative estimate of drug-likeness (QED) is 0.845. The predicted octanol–water partition coefficient (Wildman–Crippen LogP) is 3.21. The van der Waals surface area contributed by atoms with Crippen LogP contribution < -0.4 is 10.2 Å². The highest BCUT2D eigenvalue weighted by Gasteiger charge is 2.25. The molecule has 2 aromatic rings. The summed E-state index contributed by atoms with van der Waals surface area (Å²) in [6.45, 7) is 0. The second-order valence-electron chi connectivity index (χ2n) is 4.78. The zero-order valence-corrected chi connectivity index (χ0v) is 10.8. The Hall–Kier alpha value is -2.29. The molecule has 2 aromatic carbocycles. The molecule has 0 radical (unpaired) electrons. The van der Waals surface area contributed by atoms with Crippen molar-refractivity contribution in [1.29, 1.82) is 0 Å². The Morgan fingerprint density at radius 1 is 1.05 bits per heavy atom. The standard InChI is InChI=1S/C16H16N2O/c1-18-15-10-6-5-9-13(15)17-14(11-16(18)19)12-7-3-2-4-8-12/h2-10,14,17H,11H2,1H3/t14-/m0/s1. The average Bonchev–Trinajstić information content (AvgIpc) is 2.58. The van der Waals surface area contributed by atoms with Gasteiger partial charge < -0.3 is 10.2 Å². The molecule has 1 aliphatic heterocycles. The van der Waals surface area contributed by atoms with Crippen molar-refractivity contribution in [3.8, 4) is 0 Å². The van der Waals surface area contributed by atoms with Crippen LogP contribution in [0, 0.1) is 0 Å². The maximum absolute atomic E-state index is 12.2. The van der Waals surface area contributed by atoms with Gasteiger partial charge in [-0.2, -0.15) is 0 Å². The lowest BCUT2D eigenvalue weighted by Gasteiger charge is -2.17. The molecule has 1 heterocycles. The van der Waals surface area contributed by atoms with Gasteiger partial charge in [-0.15, -0.1) is 0 Å². The first kappa shape index (κ1) is 11.8. The molecule has 1 aliphatic rings. The molecule has 3 nitrogen and oxygen atoms in total. The van der Waals surface area contributed by atoms with Gasteiger partial charge in [-0.05, 0) is 17.7 Å². The number of rotatable bonds is 1. The zero-order chi connectivity index (χ0) is 13.2. The van der Waals surface area contributed by atoms with E-state index in [-0.39, 0.29) is 11.9 Å². The van der Waals surface area contributed by atoms with Crippen molar-refractivity contribution in [2.24, 2.45) is 0 Å². The summed E-state index contributed by atoms with van der Waals surface area (Å²) in [6, 6.07) is 18.0. The van der Waals surface area contributed by atoms with Crippen LogP contribution >= 0.6 is 0 Å². The topological polar surface area (TPSA) is 32.3 Å². The monoisotopic (exact) mass is 252 g/mol. The zero-order valence-electron chi connectivity index (χ0n) is 10.8. The molecule has 3 heteroatoms. The van der Waals surface area contributed by atoms with Gasteiger partial charge in [-0.3, -0.25) is 4.79 Å². The minimum Gasteiger partial charge on any atom is -0.376 e. The van der Waals surface area contributed by atoms with Crippen molar-refractivity contribution in [3.05, 3.63) is 60.2 Å². The Kier molecular flexibility index (Phi) is 2.95. The minimum absolute atomic E-state index is 0.0276. The van der Waals surface area contributed by atoms with Crippen LogP contribution in [0.1, 0.15) is 18.0 Å². The number of carbonyl (C=O) groups excluding carboxylic acids is 1. The summed E-state index contributed by atoms with van der Waals surface area (Å²) < 4.78 is 0. The molecule has 0 aromatic heterocycles. The van der Waals surface area contributed by atoms with Gasteiger partial charge in [0, 0.05) is 7.05 Å². The summed E-state index contributed by atoms with van der Waals surface area (Å²) in [7, 11) is 1.83. The highest BCUT2D eigenvalue weighted by atomic mass is 16.2. The fraction of sp³-hybridized carbons (Fsp3) is 0.188. The number of amides is 1. The summed E-state index contributed by atoms with van der Waals surface area (Å²) in [5, 5.41) is 3.47. The molecule has 0 unspecified atom stereocenters. The van der Waals surface area contributed by atoms with E-state index in [1.54, 1.807) is 4.90 Å². The average molecular weight is 252 g/mol. The van der Waals surface area contributed by atoms with E-state index in [4.69, 9.17) is 0 Å². The van der Waals surface area contributed by atoms with Crippen LogP contribution in [0.4, 0.5) is 11.4 Å². The van der Waals surface area contributed by atoms with Gasteiger partial charge in [0.15, 0.2) is 0 Å². The lowest BCUT2D eigenvalue weighted by molar-refractivity contribution is -0.118. The van der Waals surface area contributed by atoms with Crippen molar-refractivity contribution < 1.29 is 4.79 Å². The summed E-state index contributed by atoms with van der Waals surface area (Å²) in [6.07, 6.45) is 0.467. The van der Waals surface area contributed by atoms with E-state index in [2.05, 4.69) is 17.4 Å². The van der Waals surface area contributed by atoms with E-state index in [0.717, 1.165) is 16.9 Å². The fourth-order valence-corrected chi connectivity index (χ4v) is 2.46. The molecule has 0 saturated carbocycles. The van der Waals surface area contributed by atoms with Crippen LogP contribution in [0.15, 0.2) is 54.6 Å². The fourth-order valence-electron chi connectivity index (χ4n) is 2.46. The molecule has 3 rings (SSSR count). The third-order valence-electron chi connectivity index (χ3n) is 3.55. The largest absolute Gasteiger partial charge is 0.376 e. The lowest BCUT2D eigenvalue weighted by Crippen LogP contribution is -2.26. The van der Waals surface area contributed by atoms with Crippen LogP contribution in [0.2, 0.25) is 0 Å². The van der Waals surface area contributed by atoms with Crippen molar-refractivity contribution in [1.82, 2.24) is 0 Å². The molecule has 1 atom stereocenters. The molecule has 0 spiro atoms. The highest BCUT2D eigenvalue weighted by Crippen LogP contribution is 2.34. The maximum Gasteiger partial charge on any atom is 0.229 e. The second kappa shape index (κ2) is 4.76. The van der Waals surface area contributed by atoms with Crippen LogP contribution in [0.5, 0.6) is 0 Å². The summed E-state index contributed by atoms with van der Waals surface area (Å²) in [5.41, 5.74) is 3.08. The van der Waals surface area contributed by atoms with E-state index in [9.17, 15) is 4.79 Å². The van der Waals surface area contributed by atoms with Crippen molar-refractivity contribution >= 4 is 17.3 Å². The SMILES string of the molecule is CN1C(=O)C[C@@H](c2ccccc2)Nc2ccccc21. The maximum atomic E-state index is 12.2. The van der Waals surface area contributed by atoms with Crippen LogP contribution in [0.25, 0.3) is 0 Å². The van der Waals surface area contributed by atoms with E-state index >= 15 is 0 Å². The third kappa shape index (κ3) is 2.19. The summed E-state index contributed by atoms with van der Waals surface area (Å²) >= 11 is 0. The molecule has 96 valence electrons. The number of nitrogens with zero attached hydrogens (tertiary/aromatic N) is 1. The molecule has 1 N–H and O–H groups in total. The first-order valence-electron chi connectivity index (χ1n) is 6.43. The van der Waals surface area contributed by atoms with E-state index < -0.39 is 0 Å². The van der Waals surface area contributed by atoms with Gasteiger partial charge in [-0.1, -0.05) is 42.5 Å². The van der Waals surface area contributed by atoms with Gasteiger partial charge in [0.05, 0.1) is 23.8 Å². The number of hydrogen-bond donors (Lipinski definition) is 1. The van der Waals surface area contributed by atoms with Gasteiger partial charge in [0.2, 0.25) is 5.91 Å². The minimum atomic E-state index is 0.0276. The molecule has 1 amide bonds. The number of fused-ring (bicyclic) bond motifs is 1. The molecule has 0 saturated heterocycles. The first-order valence-corrected chi connectivity index (χ1v) is 6.43. The Morgan fingerprint density at radius 2 is 1.74 bits per heavy atom. The van der Waals surface area contributed by atoms with Crippen molar-refractivity contribution in [2.75, 3.05) is 17.3 Å². The van der Waals surface area contributed by atoms with Crippen LogP contribution in [-0.2, 0) is 4.79 Å². The van der Waals surface area contributed by atoms with Crippen LogP contribution in [-0.4, -0.2) is 13.0 Å². The highest BCUT2D eigenvalue weighted by molar-refractivity contribution is 5.98. The van der Waals surface area contributed by atoms with Gasteiger partial charge >= 0.3 is 0 Å². The first-order chi connectivity index (χ1) is 9.25. The number of hydrogen-bond acceptors (Lipinski definition) is 2. The van der Waals surface area contributed by atoms with Crippen LogP contribution in [0.3, 0.4) is 0 Å². The smallest absolute Gasteiger partial charge is 0.229 e. The summed E-state index contributed by atoms with van der Waals surface area (Å²) in [4.78, 5) is 14.0. The summed E-state index contributed by atoms with van der Waals surface area (Å²) in [5.74, 6) is 0.131. The molecule has 0 bridgehead atoms. The number of anilines is 2. The predicted molar refractivity (Wildman–Crippen MR) is 77.3 cm³/mol. The normalized spacial score (nSPS) is 18.5. The van der Waals surface area contributed by atoms with Crippen molar-refractivity contribution in [3.63, 3.8) is 0 Å². The lowest BCUT2D eigenvalue weighted by atomic mass is 10.0. The van der Waals surface area contributed by atoms with E-state index in [0.29, 0.717) is 6.42 Å². The molecule has 0 fully saturated rings. The van der Waals surface area contributed by atoms with E-state index in [1.807, 2.05) is 49.5 Å². The second-order valence-corrected chi connectivity index (χ2v) is 4.78. The number of nitrogens with one attached hydrogen (secondary N) is 1.